The molecule has 0 amide bonds. The summed E-state index contributed by atoms with van der Waals surface area (Å²) in [7, 11) is 0. The molecular formula is C14H18ClN3O. The van der Waals surface area contributed by atoms with E-state index in [1.54, 1.807) is 6.26 Å². The predicted octanol–water partition coefficient (Wildman–Crippen LogP) is 3.87. The van der Waals surface area contributed by atoms with E-state index in [0.29, 0.717) is 11.7 Å². The minimum atomic E-state index is 0.273. The zero-order valence-electron chi connectivity index (χ0n) is 11.4. The van der Waals surface area contributed by atoms with E-state index in [-0.39, 0.29) is 5.92 Å². The number of aromatic nitrogens is 2. The van der Waals surface area contributed by atoms with Crippen LogP contribution in [0.3, 0.4) is 0 Å². The second kappa shape index (κ2) is 6.06. The molecule has 0 aliphatic rings. The maximum absolute atomic E-state index is 6.21. The lowest BCUT2D eigenvalue weighted by atomic mass is 10.1. The fourth-order valence-corrected chi connectivity index (χ4v) is 2.39. The van der Waals surface area contributed by atoms with Crippen LogP contribution in [0.25, 0.3) is 0 Å². The van der Waals surface area contributed by atoms with Gasteiger partial charge in [0.25, 0.3) is 0 Å². The van der Waals surface area contributed by atoms with Gasteiger partial charge in [0.1, 0.15) is 23.1 Å². The topological polar surface area (TPSA) is 42.2 Å². The van der Waals surface area contributed by atoms with Crippen molar-refractivity contribution in [1.29, 1.82) is 0 Å². The van der Waals surface area contributed by atoms with Crippen molar-refractivity contribution in [1.82, 2.24) is 9.97 Å². The Balaban J connectivity index is 2.35. The van der Waals surface area contributed by atoms with Gasteiger partial charge in [0.2, 0.25) is 0 Å². The molecule has 2 aromatic rings. The van der Waals surface area contributed by atoms with Crippen LogP contribution in [0.4, 0.5) is 5.82 Å². The molecule has 2 rings (SSSR count). The highest BCUT2D eigenvalue weighted by atomic mass is 35.5. The molecule has 2 heterocycles. The van der Waals surface area contributed by atoms with Crippen LogP contribution in [0.5, 0.6) is 0 Å². The van der Waals surface area contributed by atoms with Crippen LogP contribution < -0.4 is 4.90 Å². The highest BCUT2D eigenvalue weighted by Gasteiger charge is 2.18. The number of rotatable bonds is 5. The third kappa shape index (κ3) is 3.07. The molecule has 0 saturated carbocycles. The van der Waals surface area contributed by atoms with Crippen molar-refractivity contribution >= 4 is 17.4 Å². The number of anilines is 1. The van der Waals surface area contributed by atoms with Crippen molar-refractivity contribution in [3.8, 4) is 0 Å². The van der Waals surface area contributed by atoms with E-state index in [4.69, 9.17) is 16.0 Å². The van der Waals surface area contributed by atoms with Crippen LogP contribution in [0.2, 0.25) is 5.15 Å². The van der Waals surface area contributed by atoms with E-state index in [9.17, 15) is 0 Å². The predicted molar refractivity (Wildman–Crippen MR) is 76.6 cm³/mol. The standard InChI is InChI=1S/C14H18ClN3O/c1-4-18(8-11-6-5-7-19-11)14-12(10(2)3)13(15)16-9-17-14/h5-7,9-10H,4,8H2,1-3H3. The van der Waals surface area contributed by atoms with Gasteiger partial charge in [0.15, 0.2) is 0 Å². The molecule has 5 heteroatoms. The minimum Gasteiger partial charge on any atom is -0.467 e. The first-order chi connectivity index (χ1) is 9.13. The second-order valence-electron chi connectivity index (χ2n) is 4.65. The lowest BCUT2D eigenvalue weighted by molar-refractivity contribution is 0.502. The van der Waals surface area contributed by atoms with Crippen LogP contribution in [-0.4, -0.2) is 16.5 Å². The van der Waals surface area contributed by atoms with Gasteiger partial charge in [-0.3, -0.25) is 0 Å². The smallest absolute Gasteiger partial charge is 0.138 e. The van der Waals surface area contributed by atoms with Crippen molar-refractivity contribution < 1.29 is 4.42 Å². The van der Waals surface area contributed by atoms with Gasteiger partial charge in [-0.05, 0) is 25.0 Å². The third-order valence-corrected chi connectivity index (χ3v) is 3.30. The molecule has 2 aromatic heterocycles. The second-order valence-corrected chi connectivity index (χ2v) is 5.01. The Morgan fingerprint density at radius 3 is 2.74 bits per heavy atom. The molecule has 0 N–H and O–H groups in total. The van der Waals surface area contributed by atoms with Gasteiger partial charge in [0, 0.05) is 12.1 Å². The maximum Gasteiger partial charge on any atom is 0.138 e. The molecule has 0 radical (unpaired) electrons. The number of nitrogens with zero attached hydrogens (tertiary/aromatic N) is 3. The van der Waals surface area contributed by atoms with Crippen molar-refractivity contribution in [3.05, 3.63) is 41.2 Å². The van der Waals surface area contributed by atoms with Gasteiger partial charge >= 0.3 is 0 Å². The fourth-order valence-electron chi connectivity index (χ4n) is 2.04. The Morgan fingerprint density at radius 1 is 1.37 bits per heavy atom. The van der Waals surface area contributed by atoms with Crippen molar-refractivity contribution in [2.45, 2.75) is 33.2 Å². The van der Waals surface area contributed by atoms with Gasteiger partial charge in [-0.15, -0.1) is 0 Å². The highest BCUT2D eigenvalue weighted by Crippen LogP contribution is 2.31. The summed E-state index contributed by atoms with van der Waals surface area (Å²) in [6.07, 6.45) is 3.19. The summed E-state index contributed by atoms with van der Waals surface area (Å²) in [5.74, 6) is 2.06. The van der Waals surface area contributed by atoms with E-state index in [1.807, 2.05) is 12.1 Å². The zero-order valence-corrected chi connectivity index (χ0v) is 12.2. The summed E-state index contributed by atoms with van der Waals surface area (Å²) in [6, 6.07) is 3.85. The summed E-state index contributed by atoms with van der Waals surface area (Å²) in [6.45, 7) is 7.77. The van der Waals surface area contributed by atoms with Crippen LogP contribution in [-0.2, 0) is 6.54 Å². The van der Waals surface area contributed by atoms with Gasteiger partial charge in [0.05, 0.1) is 12.8 Å². The maximum atomic E-state index is 6.21. The highest BCUT2D eigenvalue weighted by molar-refractivity contribution is 6.30. The molecule has 0 aromatic carbocycles. The van der Waals surface area contributed by atoms with Gasteiger partial charge < -0.3 is 9.32 Å². The molecule has 19 heavy (non-hydrogen) atoms. The summed E-state index contributed by atoms with van der Waals surface area (Å²) in [5, 5.41) is 0.526. The van der Waals surface area contributed by atoms with Gasteiger partial charge in [-0.1, -0.05) is 25.4 Å². The Hall–Kier alpha value is -1.55. The van der Waals surface area contributed by atoms with Crippen molar-refractivity contribution in [3.63, 3.8) is 0 Å². The molecule has 0 saturated heterocycles. The van der Waals surface area contributed by atoms with E-state index in [1.165, 1.54) is 6.33 Å². The SMILES string of the molecule is CCN(Cc1ccco1)c1ncnc(Cl)c1C(C)C. The fraction of sp³-hybridized carbons (Fsp3) is 0.429. The Kier molecular flexibility index (Phi) is 4.43. The van der Waals surface area contributed by atoms with Gasteiger partial charge in [-0.2, -0.15) is 0 Å². The van der Waals surface area contributed by atoms with E-state index >= 15 is 0 Å². The van der Waals surface area contributed by atoms with E-state index in [2.05, 4.69) is 35.6 Å². The van der Waals surface area contributed by atoms with E-state index in [0.717, 1.165) is 23.7 Å². The first kappa shape index (κ1) is 13.9. The molecular weight excluding hydrogens is 262 g/mol. The summed E-state index contributed by atoms with van der Waals surface area (Å²) >= 11 is 6.21. The molecule has 102 valence electrons. The number of hydrogen-bond acceptors (Lipinski definition) is 4. The lowest BCUT2D eigenvalue weighted by Gasteiger charge is -2.24. The largest absolute Gasteiger partial charge is 0.467 e. The Bertz CT molecular complexity index is 525. The van der Waals surface area contributed by atoms with Crippen LogP contribution in [0.1, 0.15) is 38.0 Å². The van der Waals surface area contributed by atoms with Crippen LogP contribution in [0, 0.1) is 0 Å². The first-order valence-corrected chi connectivity index (χ1v) is 6.79. The number of hydrogen-bond donors (Lipinski definition) is 0. The minimum absolute atomic E-state index is 0.273. The lowest BCUT2D eigenvalue weighted by Crippen LogP contribution is -2.24. The molecule has 4 nitrogen and oxygen atoms in total. The molecule has 0 aliphatic carbocycles. The Labute approximate surface area is 118 Å². The molecule has 0 aliphatic heterocycles. The first-order valence-electron chi connectivity index (χ1n) is 6.41. The quantitative estimate of drug-likeness (QED) is 0.779. The summed E-state index contributed by atoms with van der Waals surface area (Å²) < 4.78 is 5.40. The van der Waals surface area contributed by atoms with Crippen molar-refractivity contribution in [2.75, 3.05) is 11.4 Å². The molecule has 0 fully saturated rings. The molecule has 0 unspecified atom stereocenters. The third-order valence-electron chi connectivity index (χ3n) is 3.00. The molecule has 0 spiro atoms. The molecule has 0 bridgehead atoms. The normalized spacial score (nSPS) is 11.0. The average molecular weight is 280 g/mol. The summed E-state index contributed by atoms with van der Waals surface area (Å²) in [5.41, 5.74) is 0.984. The van der Waals surface area contributed by atoms with Gasteiger partial charge in [-0.25, -0.2) is 9.97 Å². The van der Waals surface area contributed by atoms with Crippen LogP contribution in [0.15, 0.2) is 29.1 Å². The number of furan rings is 1. The average Bonchev–Trinajstić information content (AvgIpc) is 2.88. The van der Waals surface area contributed by atoms with Crippen molar-refractivity contribution in [2.24, 2.45) is 0 Å². The zero-order chi connectivity index (χ0) is 13.8. The van der Waals surface area contributed by atoms with E-state index < -0.39 is 0 Å². The van der Waals surface area contributed by atoms with Crippen LogP contribution >= 0.6 is 11.6 Å². The monoisotopic (exact) mass is 279 g/mol. The summed E-state index contributed by atoms with van der Waals surface area (Å²) in [4.78, 5) is 10.6. The number of halogens is 1. The molecule has 0 atom stereocenters. The Morgan fingerprint density at radius 2 is 2.16 bits per heavy atom.